The standard InChI is InChI=1S/C22H22N8O3S/c31-18(23-15-6-7-16-17(12-15)26-21(32)25-16)13-34-22-28-19(24-14-4-2-1-3-5-14)27-20(29-22)30-8-10-33-11-9-30/h1-7,12H,8-11,13H2,(H,23,31)(H2,25,26,32)(H,24,27,28,29). The lowest BCUT2D eigenvalue weighted by Gasteiger charge is -2.27. The summed E-state index contributed by atoms with van der Waals surface area (Å²) in [5.41, 5.74) is 2.45. The van der Waals surface area contributed by atoms with Crippen molar-refractivity contribution in [1.82, 2.24) is 24.9 Å². The lowest BCUT2D eigenvalue weighted by molar-refractivity contribution is -0.113. The largest absolute Gasteiger partial charge is 0.378 e. The molecule has 0 unspecified atom stereocenters. The van der Waals surface area contributed by atoms with E-state index in [1.165, 1.54) is 11.8 Å². The summed E-state index contributed by atoms with van der Waals surface area (Å²) < 4.78 is 5.43. The van der Waals surface area contributed by atoms with Gasteiger partial charge < -0.3 is 30.2 Å². The quantitative estimate of drug-likeness (QED) is 0.295. The van der Waals surface area contributed by atoms with Crippen LogP contribution in [0.25, 0.3) is 11.0 Å². The van der Waals surface area contributed by atoms with E-state index in [4.69, 9.17) is 4.74 Å². The van der Waals surface area contributed by atoms with Crippen LogP contribution in [0.1, 0.15) is 0 Å². The number of aromatic nitrogens is 5. The van der Waals surface area contributed by atoms with Gasteiger partial charge in [-0.15, -0.1) is 0 Å². The number of hydrogen-bond donors (Lipinski definition) is 4. The Kier molecular flexibility index (Phi) is 6.40. The number of amides is 1. The Hall–Kier alpha value is -3.90. The van der Waals surface area contributed by atoms with Crippen LogP contribution in [0.5, 0.6) is 0 Å². The van der Waals surface area contributed by atoms with Gasteiger partial charge in [-0.3, -0.25) is 4.79 Å². The van der Waals surface area contributed by atoms with E-state index >= 15 is 0 Å². The minimum Gasteiger partial charge on any atom is -0.378 e. The molecule has 5 rings (SSSR count). The number of hydrogen-bond acceptors (Lipinski definition) is 9. The number of H-pyrrole nitrogens is 2. The molecular weight excluding hydrogens is 456 g/mol. The molecule has 1 aliphatic rings. The zero-order chi connectivity index (χ0) is 23.3. The molecule has 4 N–H and O–H groups in total. The van der Waals surface area contributed by atoms with E-state index < -0.39 is 0 Å². The first-order valence-corrected chi connectivity index (χ1v) is 11.7. The van der Waals surface area contributed by atoms with Crippen molar-refractivity contribution in [1.29, 1.82) is 0 Å². The van der Waals surface area contributed by atoms with E-state index in [0.29, 0.717) is 60.1 Å². The zero-order valence-electron chi connectivity index (χ0n) is 18.1. The molecule has 1 amide bonds. The van der Waals surface area contributed by atoms with Gasteiger partial charge >= 0.3 is 5.69 Å². The molecule has 2 aromatic heterocycles. The second kappa shape index (κ2) is 9.93. The fraction of sp³-hybridized carbons (Fsp3) is 0.227. The van der Waals surface area contributed by atoms with E-state index in [1.807, 2.05) is 35.2 Å². The van der Waals surface area contributed by atoms with Crippen molar-refractivity contribution < 1.29 is 9.53 Å². The van der Waals surface area contributed by atoms with Gasteiger partial charge in [0, 0.05) is 24.5 Å². The first kappa shape index (κ1) is 21.9. The Morgan fingerprint density at radius 1 is 1.00 bits per heavy atom. The molecule has 11 nitrogen and oxygen atoms in total. The second-order valence-electron chi connectivity index (χ2n) is 7.51. The highest BCUT2D eigenvalue weighted by Crippen LogP contribution is 2.22. The van der Waals surface area contributed by atoms with E-state index in [1.54, 1.807) is 18.2 Å². The molecule has 1 fully saturated rings. The molecule has 4 aromatic rings. The van der Waals surface area contributed by atoms with Crippen LogP contribution < -0.4 is 21.2 Å². The van der Waals surface area contributed by atoms with Crippen molar-refractivity contribution in [2.24, 2.45) is 0 Å². The minimum absolute atomic E-state index is 0.110. The molecule has 0 saturated carbocycles. The summed E-state index contributed by atoms with van der Waals surface area (Å²) in [5, 5.41) is 6.48. The molecule has 3 heterocycles. The number of fused-ring (bicyclic) bond motifs is 1. The molecule has 0 atom stereocenters. The lowest BCUT2D eigenvalue weighted by Crippen LogP contribution is -2.37. The molecule has 0 bridgehead atoms. The first-order valence-electron chi connectivity index (χ1n) is 10.7. The number of ether oxygens (including phenoxy) is 1. The van der Waals surface area contributed by atoms with Gasteiger partial charge in [-0.2, -0.15) is 15.0 Å². The highest BCUT2D eigenvalue weighted by atomic mass is 32.2. The van der Waals surface area contributed by atoms with Crippen LogP contribution in [0.4, 0.5) is 23.3 Å². The fourth-order valence-corrected chi connectivity index (χ4v) is 4.09. The normalized spacial score (nSPS) is 13.7. The Morgan fingerprint density at radius 3 is 2.62 bits per heavy atom. The molecule has 0 radical (unpaired) electrons. The number of benzene rings is 2. The van der Waals surface area contributed by atoms with Gasteiger partial charge in [-0.25, -0.2) is 4.79 Å². The van der Waals surface area contributed by atoms with Crippen molar-refractivity contribution in [2.75, 3.05) is 47.6 Å². The van der Waals surface area contributed by atoms with Crippen molar-refractivity contribution in [3.05, 3.63) is 59.0 Å². The Bertz CT molecular complexity index is 1350. The number of nitrogens with one attached hydrogen (secondary N) is 4. The number of para-hydroxylation sites is 1. The first-order chi connectivity index (χ1) is 16.6. The van der Waals surface area contributed by atoms with Crippen molar-refractivity contribution >= 4 is 52.0 Å². The molecular formula is C22H22N8O3S. The SMILES string of the molecule is O=C(CSc1nc(Nc2ccccc2)nc(N2CCOCC2)n1)Nc1ccc2[nH]c(=O)[nH]c2c1. The number of nitrogens with zero attached hydrogens (tertiary/aromatic N) is 4. The maximum absolute atomic E-state index is 12.6. The van der Waals surface area contributed by atoms with Gasteiger partial charge in [0.2, 0.25) is 17.8 Å². The second-order valence-corrected chi connectivity index (χ2v) is 8.45. The maximum Gasteiger partial charge on any atom is 0.323 e. The van der Waals surface area contributed by atoms with E-state index in [0.717, 1.165) is 5.69 Å². The Morgan fingerprint density at radius 2 is 1.79 bits per heavy atom. The molecule has 12 heteroatoms. The molecule has 174 valence electrons. The highest BCUT2D eigenvalue weighted by Gasteiger charge is 2.17. The molecule has 1 aliphatic heterocycles. The topological polar surface area (TPSA) is 141 Å². The number of morpholine rings is 1. The summed E-state index contributed by atoms with van der Waals surface area (Å²) in [4.78, 5) is 45.0. The van der Waals surface area contributed by atoms with Crippen LogP contribution in [0.2, 0.25) is 0 Å². The average molecular weight is 479 g/mol. The number of carbonyl (C=O) groups excluding carboxylic acids is 1. The molecule has 34 heavy (non-hydrogen) atoms. The third kappa shape index (κ3) is 5.35. The monoisotopic (exact) mass is 478 g/mol. The fourth-order valence-electron chi connectivity index (χ4n) is 3.46. The van der Waals surface area contributed by atoms with Gasteiger partial charge in [-0.05, 0) is 30.3 Å². The zero-order valence-corrected chi connectivity index (χ0v) is 18.9. The summed E-state index contributed by atoms with van der Waals surface area (Å²) in [6.45, 7) is 2.58. The summed E-state index contributed by atoms with van der Waals surface area (Å²) in [5.74, 6) is 0.848. The predicted octanol–water partition coefficient (Wildman–Crippen LogP) is 2.35. The van der Waals surface area contributed by atoms with Gasteiger partial charge in [-0.1, -0.05) is 30.0 Å². The maximum atomic E-state index is 12.6. The van der Waals surface area contributed by atoms with Crippen LogP contribution in [-0.2, 0) is 9.53 Å². The number of rotatable bonds is 7. The lowest BCUT2D eigenvalue weighted by atomic mass is 10.3. The van der Waals surface area contributed by atoms with E-state index in [2.05, 4.69) is 35.6 Å². The predicted molar refractivity (Wildman–Crippen MR) is 131 cm³/mol. The molecule has 0 spiro atoms. The van der Waals surface area contributed by atoms with Crippen LogP contribution in [0, 0.1) is 0 Å². The Labute approximate surface area is 198 Å². The summed E-state index contributed by atoms with van der Waals surface area (Å²) in [6.07, 6.45) is 0. The highest BCUT2D eigenvalue weighted by molar-refractivity contribution is 7.99. The Balaban J connectivity index is 1.30. The van der Waals surface area contributed by atoms with Gasteiger partial charge in [0.1, 0.15) is 0 Å². The van der Waals surface area contributed by atoms with Crippen molar-refractivity contribution in [2.45, 2.75) is 5.16 Å². The van der Waals surface area contributed by atoms with Crippen molar-refractivity contribution in [3.63, 3.8) is 0 Å². The van der Waals surface area contributed by atoms with E-state index in [-0.39, 0.29) is 17.3 Å². The number of thioether (sulfide) groups is 1. The number of imidazole rings is 1. The van der Waals surface area contributed by atoms with Crippen LogP contribution in [0.15, 0.2) is 58.5 Å². The molecule has 0 aliphatic carbocycles. The average Bonchev–Trinajstić information content (AvgIpc) is 3.23. The third-order valence-corrected chi connectivity index (χ3v) is 5.91. The molecule has 2 aromatic carbocycles. The van der Waals surface area contributed by atoms with Gasteiger partial charge in [0.15, 0.2) is 5.16 Å². The van der Waals surface area contributed by atoms with Crippen LogP contribution in [0.3, 0.4) is 0 Å². The number of anilines is 4. The van der Waals surface area contributed by atoms with Crippen LogP contribution >= 0.6 is 11.8 Å². The third-order valence-electron chi connectivity index (χ3n) is 5.06. The number of aromatic amines is 2. The minimum atomic E-state index is -0.292. The van der Waals surface area contributed by atoms with Crippen molar-refractivity contribution in [3.8, 4) is 0 Å². The summed E-state index contributed by atoms with van der Waals surface area (Å²) >= 11 is 1.22. The number of carbonyl (C=O) groups is 1. The van der Waals surface area contributed by atoms with Gasteiger partial charge in [0.05, 0.1) is 30.0 Å². The smallest absolute Gasteiger partial charge is 0.323 e. The summed E-state index contributed by atoms with van der Waals surface area (Å²) in [7, 11) is 0. The van der Waals surface area contributed by atoms with Crippen LogP contribution in [-0.4, -0.2) is 62.9 Å². The van der Waals surface area contributed by atoms with E-state index in [9.17, 15) is 9.59 Å². The summed E-state index contributed by atoms with van der Waals surface area (Å²) in [6, 6.07) is 14.8. The molecule has 1 saturated heterocycles. The van der Waals surface area contributed by atoms with Gasteiger partial charge in [0.25, 0.3) is 0 Å².